The number of benzene rings is 1. The quantitative estimate of drug-likeness (QED) is 0.673. The Morgan fingerprint density at radius 1 is 1.09 bits per heavy atom. The maximum absolute atomic E-state index is 13.5. The molecule has 0 spiro atoms. The van der Waals surface area contributed by atoms with Gasteiger partial charge in [-0.15, -0.1) is 0 Å². The Balaban J connectivity index is 1.64. The Bertz CT molecular complexity index is 812. The first-order chi connectivity index (χ1) is 15.3. The topological polar surface area (TPSA) is 61.9 Å². The minimum atomic E-state index is -0.598. The van der Waals surface area contributed by atoms with Crippen LogP contribution in [-0.2, 0) is 16.1 Å². The van der Waals surface area contributed by atoms with Crippen molar-refractivity contribution < 1.29 is 14.3 Å². The number of hydrogen-bond acceptors (Lipinski definition) is 4. The van der Waals surface area contributed by atoms with Crippen LogP contribution in [0.3, 0.4) is 0 Å². The van der Waals surface area contributed by atoms with E-state index in [0.29, 0.717) is 18.3 Å². The standard InChI is InChI=1S/C27H43N3O3/c1-26(2,3)15-23(29(7)25(32)33-27(4,5)6)24(31)28-22-14-13-20-17-30(18-21(20)22)16-19-11-9-8-10-12-19/h8-12,20-23H,13-18H2,1-7H3,(H,28,31)/t20-,21?,22?,23-/m0/s1. The van der Waals surface area contributed by atoms with Crippen molar-refractivity contribution in [1.82, 2.24) is 15.1 Å². The van der Waals surface area contributed by atoms with Crippen molar-refractivity contribution in [3.63, 3.8) is 0 Å². The van der Waals surface area contributed by atoms with E-state index in [2.05, 4.69) is 61.3 Å². The van der Waals surface area contributed by atoms with Crippen molar-refractivity contribution in [1.29, 1.82) is 0 Å². The van der Waals surface area contributed by atoms with Gasteiger partial charge < -0.3 is 10.1 Å². The highest BCUT2D eigenvalue weighted by atomic mass is 16.6. The van der Waals surface area contributed by atoms with Gasteiger partial charge in [0.2, 0.25) is 5.91 Å². The first-order valence-corrected chi connectivity index (χ1v) is 12.3. The SMILES string of the molecule is CN(C(=O)OC(C)(C)C)[C@@H](CC(C)(C)C)C(=O)NC1CC[C@H]2CN(Cc3ccccc3)CC12. The third-order valence-electron chi connectivity index (χ3n) is 6.77. The zero-order valence-electron chi connectivity index (χ0n) is 21.6. The van der Waals surface area contributed by atoms with Crippen LogP contribution >= 0.6 is 0 Å². The summed E-state index contributed by atoms with van der Waals surface area (Å²) in [6.07, 6.45) is 2.28. The molecule has 0 bridgehead atoms. The van der Waals surface area contributed by atoms with Crippen LogP contribution in [0.4, 0.5) is 4.79 Å². The van der Waals surface area contributed by atoms with Gasteiger partial charge >= 0.3 is 6.09 Å². The van der Waals surface area contributed by atoms with Gasteiger partial charge in [-0.05, 0) is 62.8 Å². The van der Waals surface area contributed by atoms with E-state index in [-0.39, 0.29) is 17.4 Å². The molecule has 2 aliphatic rings. The van der Waals surface area contributed by atoms with Crippen LogP contribution in [0.2, 0.25) is 0 Å². The molecule has 2 fully saturated rings. The Morgan fingerprint density at radius 3 is 2.36 bits per heavy atom. The van der Waals surface area contributed by atoms with Gasteiger partial charge in [0.1, 0.15) is 11.6 Å². The summed E-state index contributed by atoms with van der Waals surface area (Å²) < 4.78 is 5.56. The van der Waals surface area contributed by atoms with E-state index in [4.69, 9.17) is 4.74 Å². The normalized spacial score (nSPS) is 24.3. The molecule has 3 rings (SSSR count). The van der Waals surface area contributed by atoms with Crippen molar-refractivity contribution in [2.75, 3.05) is 20.1 Å². The molecule has 2 amide bonds. The number of carbonyl (C=O) groups is 2. The molecular weight excluding hydrogens is 414 g/mol. The number of carbonyl (C=O) groups excluding carboxylic acids is 2. The van der Waals surface area contributed by atoms with Crippen molar-refractivity contribution in [2.45, 2.75) is 85.0 Å². The molecule has 1 saturated carbocycles. The average molecular weight is 458 g/mol. The van der Waals surface area contributed by atoms with Gasteiger partial charge in [-0.3, -0.25) is 14.6 Å². The zero-order chi connectivity index (χ0) is 24.4. The third kappa shape index (κ3) is 7.20. The van der Waals surface area contributed by atoms with Crippen LogP contribution in [0.5, 0.6) is 0 Å². The van der Waals surface area contributed by atoms with Crippen molar-refractivity contribution in [3.05, 3.63) is 35.9 Å². The van der Waals surface area contributed by atoms with Gasteiger partial charge in [0, 0.05) is 32.7 Å². The van der Waals surface area contributed by atoms with Gasteiger partial charge in [0.25, 0.3) is 0 Å². The summed E-state index contributed by atoms with van der Waals surface area (Å²) in [7, 11) is 1.68. The highest BCUT2D eigenvalue weighted by Crippen LogP contribution is 2.39. The van der Waals surface area contributed by atoms with Crippen LogP contribution < -0.4 is 5.32 Å². The first kappa shape index (κ1) is 25.5. The van der Waals surface area contributed by atoms with Gasteiger partial charge in [-0.25, -0.2) is 4.79 Å². The lowest BCUT2D eigenvalue weighted by Crippen LogP contribution is -2.53. The molecule has 6 nitrogen and oxygen atoms in total. The second kappa shape index (κ2) is 10.0. The van der Waals surface area contributed by atoms with Crippen LogP contribution in [0, 0.1) is 17.3 Å². The molecule has 1 saturated heterocycles. The molecule has 1 aromatic carbocycles. The number of amides is 2. The number of likely N-dealkylation sites (N-methyl/N-ethyl adjacent to an activating group) is 1. The molecule has 184 valence electrons. The smallest absolute Gasteiger partial charge is 0.410 e. The Hall–Kier alpha value is -2.08. The maximum Gasteiger partial charge on any atom is 0.410 e. The monoisotopic (exact) mass is 457 g/mol. The van der Waals surface area contributed by atoms with E-state index >= 15 is 0 Å². The summed E-state index contributed by atoms with van der Waals surface area (Å²) in [6.45, 7) is 14.9. The molecule has 1 heterocycles. The van der Waals surface area contributed by atoms with Crippen molar-refractivity contribution in [3.8, 4) is 0 Å². The molecule has 1 aliphatic heterocycles. The molecule has 2 unspecified atom stereocenters. The van der Waals surface area contributed by atoms with Crippen LogP contribution in [0.15, 0.2) is 30.3 Å². The van der Waals surface area contributed by atoms with E-state index in [1.165, 1.54) is 10.5 Å². The lowest BCUT2D eigenvalue weighted by atomic mass is 9.87. The number of nitrogens with zero attached hydrogens (tertiary/aromatic N) is 2. The summed E-state index contributed by atoms with van der Waals surface area (Å²) in [4.78, 5) is 30.2. The van der Waals surface area contributed by atoms with E-state index in [1.807, 2.05) is 20.8 Å². The fourth-order valence-corrected chi connectivity index (χ4v) is 5.23. The first-order valence-electron chi connectivity index (χ1n) is 12.3. The second-order valence-electron chi connectivity index (χ2n) is 12.2. The number of likely N-dealkylation sites (tertiary alicyclic amines) is 1. The lowest BCUT2D eigenvalue weighted by molar-refractivity contribution is -0.128. The van der Waals surface area contributed by atoms with Crippen molar-refractivity contribution in [2.24, 2.45) is 17.3 Å². The predicted octanol–water partition coefficient (Wildman–Crippen LogP) is 4.68. The molecule has 0 radical (unpaired) electrons. The van der Waals surface area contributed by atoms with Crippen molar-refractivity contribution >= 4 is 12.0 Å². The summed E-state index contributed by atoms with van der Waals surface area (Å²) in [5, 5.41) is 3.34. The molecular formula is C27H43N3O3. The summed E-state index contributed by atoms with van der Waals surface area (Å²) in [6, 6.07) is 10.2. The van der Waals surface area contributed by atoms with E-state index < -0.39 is 17.7 Å². The third-order valence-corrected chi connectivity index (χ3v) is 6.77. The Morgan fingerprint density at radius 2 is 1.76 bits per heavy atom. The maximum atomic E-state index is 13.5. The van der Waals surface area contributed by atoms with Crippen LogP contribution in [-0.4, -0.2) is 59.6 Å². The molecule has 6 heteroatoms. The molecule has 4 atom stereocenters. The predicted molar refractivity (Wildman–Crippen MR) is 132 cm³/mol. The number of nitrogens with one attached hydrogen (secondary N) is 1. The highest BCUT2D eigenvalue weighted by Gasteiger charge is 2.44. The average Bonchev–Trinajstić information content (AvgIpc) is 3.25. The minimum absolute atomic E-state index is 0.0644. The number of rotatable bonds is 6. The number of hydrogen-bond donors (Lipinski definition) is 1. The van der Waals surface area contributed by atoms with E-state index in [0.717, 1.165) is 32.5 Å². The number of fused-ring (bicyclic) bond motifs is 1. The molecule has 1 aliphatic carbocycles. The Labute approximate surface area is 200 Å². The summed E-state index contributed by atoms with van der Waals surface area (Å²) in [5.41, 5.74) is 0.636. The van der Waals surface area contributed by atoms with Crippen LogP contribution in [0.1, 0.15) is 66.4 Å². The fraction of sp³-hybridized carbons (Fsp3) is 0.704. The second-order valence-corrected chi connectivity index (χ2v) is 12.2. The van der Waals surface area contributed by atoms with Gasteiger partial charge in [-0.1, -0.05) is 51.1 Å². The molecule has 1 N–H and O–H groups in total. The lowest BCUT2D eigenvalue weighted by Gasteiger charge is -2.34. The van der Waals surface area contributed by atoms with Crippen LogP contribution in [0.25, 0.3) is 0 Å². The van der Waals surface area contributed by atoms with Gasteiger partial charge in [0.15, 0.2) is 0 Å². The fourth-order valence-electron chi connectivity index (χ4n) is 5.23. The van der Waals surface area contributed by atoms with E-state index in [9.17, 15) is 9.59 Å². The molecule has 33 heavy (non-hydrogen) atoms. The van der Waals surface area contributed by atoms with Gasteiger partial charge in [-0.2, -0.15) is 0 Å². The molecule has 0 aromatic heterocycles. The largest absolute Gasteiger partial charge is 0.444 e. The highest BCUT2D eigenvalue weighted by molar-refractivity contribution is 5.86. The van der Waals surface area contributed by atoms with E-state index in [1.54, 1.807) is 7.05 Å². The summed E-state index contributed by atoms with van der Waals surface area (Å²) in [5.74, 6) is 1.04. The molecule has 1 aromatic rings. The number of ether oxygens (including phenoxy) is 1. The zero-order valence-corrected chi connectivity index (χ0v) is 21.6. The minimum Gasteiger partial charge on any atom is -0.444 e. The summed E-state index contributed by atoms with van der Waals surface area (Å²) >= 11 is 0. The van der Waals surface area contributed by atoms with Gasteiger partial charge in [0.05, 0.1) is 0 Å². The Kier molecular flexibility index (Phi) is 7.77.